The fourth-order valence-electron chi connectivity index (χ4n) is 1.60. The Balaban J connectivity index is 3.24. The van der Waals surface area contributed by atoms with Gasteiger partial charge in [-0.3, -0.25) is 10.1 Å². The van der Waals surface area contributed by atoms with Crippen molar-refractivity contribution in [3.05, 3.63) is 28.3 Å². The van der Waals surface area contributed by atoms with Crippen molar-refractivity contribution in [2.45, 2.75) is 11.3 Å². The lowest BCUT2D eigenvalue weighted by Gasteiger charge is -2.21. The van der Waals surface area contributed by atoms with Gasteiger partial charge in [0.2, 0.25) is 10.0 Å². The van der Waals surface area contributed by atoms with Crippen LogP contribution in [-0.4, -0.2) is 48.9 Å². The predicted octanol–water partition coefficient (Wildman–Crippen LogP) is 0.425. The monoisotopic (exact) mass is 325 g/mol. The number of nitrogens with zero attached hydrogens (tertiary/aromatic N) is 2. The van der Waals surface area contributed by atoms with E-state index in [1.54, 1.807) is 0 Å². The number of alkyl halides is 2. The van der Waals surface area contributed by atoms with Gasteiger partial charge in [-0.25, -0.2) is 17.2 Å². The fraction of sp³-hybridized carbons (Fsp3) is 0.400. The van der Waals surface area contributed by atoms with Crippen molar-refractivity contribution in [2.24, 2.45) is 0 Å². The molecule has 1 rings (SSSR count). The molecular weight excluding hydrogens is 312 g/mol. The summed E-state index contributed by atoms with van der Waals surface area (Å²) in [5.74, 6) is 0. The first-order valence-corrected chi connectivity index (χ1v) is 7.07. The van der Waals surface area contributed by atoms with Crippen molar-refractivity contribution >= 4 is 21.4 Å². The third-order valence-corrected chi connectivity index (χ3v) is 4.45. The topological polar surface area (TPSA) is 127 Å². The largest absolute Gasteiger partial charge is 0.397 e. The lowest BCUT2D eigenvalue weighted by atomic mass is 10.3. The quantitative estimate of drug-likeness (QED) is 0.425. The smallest absolute Gasteiger partial charge is 0.271 e. The number of rotatable bonds is 7. The number of nitro benzene ring substituents is 1. The Morgan fingerprint density at radius 3 is 2.48 bits per heavy atom. The maximum Gasteiger partial charge on any atom is 0.271 e. The van der Waals surface area contributed by atoms with E-state index < -0.39 is 57.3 Å². The summed E-state index contributed by atoms with van der Waals surface area (Å²) < 4.78 is 49.6. The number of anilines is 1. The van der Waals surface area contributed by atoms with Gasteiger partial charge in [0.25, 0.3) is 12.1 Å². The molecule has 21 heavy (non-hydrogen) atoms. The Morgan fingerprint density at radius 2 is 2.05 bits per heavy atom. The van der Waals surface area contributed by atoms with E-state index in [1.165, 1.54) is 0 Å². The molecule has 0 saturated heterocycles. The molecule has 8 nitrogen and oxygen atoms in total. The average Bonchev–Trinajstić information content (AvgIpc) is 2.37. The summed E-state index contributed by atoms with van der Waals surface area (Å²) in [5, 5.41) is 19.3. The molecule has 1 aromatic rings. The van der Waals surface area contributed by atoms with Crippen LogP contribution in [0.3, 0.4) is 0 Å². The van der Waals surface area contributed by atoms with Crippen LogP contribution >= 0.6 is 0 Å². The lowest BCUT2D eigenvalue weighted by molar-refractivity contribution is -0.384. The Morgan fingerprint density at radius 1 is 1.43 bits per heavy atom. The number of nitro groups is 1. The summed E-state index contributed by atoms with van der Waals surface area (Å²) in [5.41, 5.74) is 4.60. The standard InChI is InChI=1S/C10H13F2N3O5S/c11-10(12)6-14(3-4-16)21(19,20)9-2-1-7(15(17)18)5-8(9)13/h1-2,5,10,16H,3-4,6,13H2. The summed E-state index contributed by atoms with van der Waals surface area (Å²) in [7, 11) is -4.39. The molecule has 1 aromatic carbocycles. The molecule has 0 aromatic heterocycles. The summed E-state index contributed by atoms with van der Waals surface area (Å²) in [6, 6.07) is 2.60. The van der Waals surface area contributed by atoms with Gasteiger partial charge in [0.15, 0.2) is 0 Å². The maximum absolute atomic E-state index is 12.4. The third-order valence-electron chi connectivity index (χ3n) is 2.51. The fourth-order valence-corrected chi connectivity index (χ4v) is 3.10. The number of nitrogen functional groups attached to an aromatic ring is 1. The number of benzene rings is 1. The average molecular weight is 325 g/mol. The van der Waals surface area contributed by atoms with Crippen LogP contribution in [0.5, 0.6) is 0 Å². The molecule has 0 amide bonds. The van der Waals surface area contributed by atoms with E-state index in [9.17, 15) is 27.3 Å². The molecule has 0 atom stereocenters. The number of halogens is 2. The van der Waals surface area contributed by atoms with E-state index in [-0.39, 0.29) is 0 Å². The van der Waals surface area contributed by atoms with Crippen LogP contribution in [0.2, 0.25) is 0 Å². The van der Waals surface area contributed by atoms with E-state index >= 15 is 0 Å². The first-order valence-electron chi connectivity index (χ1n) is 5.63. The van der Waals surface area contributed by atoms with Gasteiger partial charge in [0.1, 0.15) is 4.90 Å². The molecule has 0 spiro atoms. The summed E-state index contributed by atoms with van der Waals surface area (Å²) in [6.07, 6.45) is -2.94. The number of aliphatic hydroxyl groups is 1. The van der Waals surface area contributed by atoms with Crippen molar-refractivity contribution in [2.75, 3.05) is 25.4 Å². The van der Waals surface area contributed by atoms with E-state index in [1.807, 2.05) is 0 Å². The minimum atomic E-state index is -4.39. The van der Waals surface area contributed by atoms with E-state index in [4.69, 9.17) is 10.8 Å². The zero-order valence-corrected chi connectivity index (χ0v) is 11.5. The van der Waals surface area contributed by atoms with Gasteiger partial charge in [-0.05, 0) is 6.07 Å². The van der Waals surface area contributed by atoms with Crippen LogP contribution < -0.4 is 5.73 Å². The molecule has 3 N–H and O–H groups in total. The molecule has 0 unspecified atom stereocenters. The Kier molecular flexibility index (Phi) is 5.52. The molecule has 0 heterocycles. The van der Waals surface area contributed by atoms with Crippen LogP contribution in [0, 0.1) is 10.1 Å². The van der Waals surface area contributed by atoms with Crippen molar-refractivity contribution in [3.63, 3.8) is 0 Å². The summed E-state index contributed by atoms with van der Waals surface area (Å²) in [4.78, 5) is 9.26. The maximum atomic E-state index is 12.4. The highest BCUT2D eigenvalue weighted by Gasteiger charge is 2.29. The summed E-state index contributed by atoms with van der Waals surface area (Å²) >= 11 is 0. The highest BCUT2D eigenvalue weighted by Crippen LogP contribution is 2.26. The Bertz CT molecular complexity index is 623. The van der Waals surface area contributed by atoms with Gasteiger partial charge in [0.05, 0.1) is 23.8 Å². The molecule has 0 aliphatic heterocycles. The molecule has 11 heteroatoms. The zero-order valence-electron chi connectivity index (χ0n) is 10.6. The molecule has 0 fully saturated rings. The van der Waals surface area contributed by atoms with E-state index in [0.717, 1.165) is 18.2 Å². The molecule has 0 saturated carbocycles. The zero-order chi connectivity index (χ0) is 16.2. The van der Waals surface area contributed by atoms with E-state index in [0.29, 0.717) is 4.31 Å². The van der Waals surface area contributed by atoms with E-state index in [2.05, 4.69) is 0 Å². The molecular formula is C10H13F2N3O5S. The van der Waals surface area contributed by atoms with Crippen LogP contribution in [0.15, 0.2) is 23.1 Å². The Hall–Kier alpha value is -1.85. The van der Waals surface area contributed by atoms with Gasteiger partial charge >= 0.3 is 0 Å². The van der Waals surface area contributed by atoms with Crippen LogP contribution in [0.4, 0.5) is 20.2 Å². The van der Waals surface area contributed by atoms with Crippen molar-refractivity contribution < 1.29 is 27.2 Å². The van der Waals surface area contributed by atoms with Crippen molar-refractivity contribution in [3.8, 4) is 0 Å². The first-order chi connectivity index (χ1) is 9.70. The van der Waals surface area contributed by atoms with Crippen molar-refractivity contribution in [1.82, 2.24) is 4.31 Å². The Labute approximate surface area is 119 Å². The SMILES string of the molecule is Nc1cc([N+](=O)[O-])ccc1S(=O)(=O)N(CCO)CC(F)F. The van der Waals surface area contributed by atoms with Gasteiger partial charge in [-0.1, -0.05) is 0 Å². The minimum absolute atomic E-state index is 0.370. The highest BCUT2D eigenvalue weighted by atomic mass is 32.2. The van der Waals surface area contributed by atoms with Gasteiger partial charge < -0.3 is 10.8 Å². The van der Waals surface area contributed by atoms with Gasteiger partial charge in [-0.15, -0.1) is 0 Å². The molecule has 0 aliphatic carbocycles. The number of sulfonamides is 1. The van der Waals surface area contributed by atoms with Gasteiger partial charge in [-0.2, -0.15) is 4.31 Å². The molecule has 118 valence electrons. The number of hydrogen-bond donors (Lipinski definition) is 2. The van der Waals surface area contributed by atoms with Crippen LogP contribution in [0.25, 0.3) is 0 Å². The lowest BCUT2D eigenvalue weighted by Crippen LogP contribution is -2.37. The second-order valence-electron chi connectivity index (χ2n) is 3.96. The molecule has 0 aliphatic rings. The number of aliphatic hydroxyl groups excluding tert-OH is 1. The van der Waals surface area contributed by atoms with Crippen LogP contribution in [-0.2, 0) is 10.0 Å². The number of nitrogens with two attached hydrogens (primary N) is 1. The van der Waals surface area contributed by atoms with Crippen LogP contribution in [0.1, 0.15) is 0 Å². The summed E-state index contributed by atoms with van der Waals surface area (Å²) in [6.45, 7) is -2.30. The predicted molar refractivity (Wildman–Crippen MR) is 69.4 cm³/mol. The highest BCUT2D eigenvalue weighted by molar-refractivity contribution is 7.89. The third kappa shape index (κ3) is 4.06. The normalized spacial score (nSPS) is 12.0. The second-order valence-corrected chi connectivity index (χ2v) is 5.86. The van der Waals surface area contributed by atoms with Crippen molar-refractivity contribution in [1.29, 1.82) is 0 Å². The molecule has 0 bridgehead atoms. The number of hydrogen-bond acceptors (Lipinski definition) is 6. The first kappa shape index (κ1) is 17.2. The number of non-ortho nitro benzene ring substituents is 1. The second kappa shape index (κ2) is 6.74. The minimum Gasteiger partial charge on any atom is -0.397 e. The van der Waals surface area contributed by atoms with Gasteiger partial charge in [0, 0.05) is 18.7 Å². The molecule has 0 radical (unpaired) electrons.